The van der Waals surface area contributed by atoms with Crippen molar-refractivity contribution in [3.8, 4) is 18.4 Å². The lowest BCUT2D eigenvalue weighted by atomic mass is 9.85. The molecule has 0 N–H and O–H groups in total. The average molecular weight is 321 g/mol. The largest absolute Gasteiger partial charge is 0.365 e. The Bertz CT molecular complexity index is 748. The fourth-order valence-corrected chi connectivity index (χ4v) is 2.90. The van der Waals surface area contributed by atoms with Gasteiger partial charge < -0.3 is 4.74 Å². The molecule has 1 aliphatic heterocycles. The maximum absolute atomic E-state index is 13.5. The molecule has 2 rings (SSSR count). The first-order valence-corrected chi connectivity index (χ1v) is 7.86. The molecule has 0 aliphatic carbocycles. The van der Waals surface area contributed by atoms with Crippen molar-refractivity contribution in [3.05, 3.63) is 71.6 Å². The third-order valence-electron chi connectivity index (χ3n) is 4.07. The van der Waals surface area contributed by atoms with Crippen LogP contribution in [-0.4, -0.2) is 0 Å². The van der Waals surface area contributed by atoms with Gasteiger partial charge in [0.15, 0.2) is 0 Å². The Morgan fingerprint density at radius 2 is 2.25 bits per heavy atom. The lowest BCUT2D eigenvalue weighted by molar-refractivity contribution is -0.0336. The summed E-state index contributed by atoms with van der Waals surface area (Å²) in [4.78, 5) is 0. The number of rotatable bonds is 7. The second-order valence-electron chi connectivity index (χ2n) is 5.70. The smallest absolute Gasteiger partial charge is 0.101 e. The van der Waals surface area contributed by atoms with Crippen molar-refractivity contribution in [2.75, 3.05) is 0 Å². The van der Waals surface area contributed by atoms with Gasteiger partial charge in [-0.2, -0.15) is 5.26 Å². The summed E-state index contributed by atoms with van der Waals surface area (Å²) in [5.74, 6) is 2.15. The van der Waals surface area contributed by atoms with Crippen molar-refractivity contribution >= 4 is 0 Å². The predicted molar refractivity (Wildman–Crippen MR) is 93.5 cm³/mol. The van der Waals surface area contributed by atoms with Gasteiger partial charge in [0.05, 0.1) is 18.2 Å². The number of fused-ring (bicyclic) bond motifs is 1. The summed E-state index contributed by atoms with van der Waals surface area (Å²) < 4.78 is 19.5. The summed E-state index contributed by atoms with van der Waals surface area (Å²) in [5, 5.41) is 9.02. The topological polar surface area (TPSA) is 33.0 Å². The lowest BCUT2D eigenvalue weighted by Crippen LogP contribution is -2.23. The number of terminal acetylenes is 1. The van der Waals surface area contributed by atoms with Crippen LogP contribution in [0.15, 0.2) is 54.9 Å². The second-order valence-corrected chi connectivity index (χ2v) is 5.70. The predicted octanol–water partition coefficient (Wildman–Crippen LogP) is 5.07. The Balaban J connectivity index is 2.13. The SMILES string of the molecule is C#CC/C=C(/F)C/C=C\CC1(CC=C)OCc2cc(C#N)ccc21. The highest BCUT2D eigenvalue weighted by atomic mass is 19.1. The molecule has 0 aromatic heterocycles. The molecule has 2 nitrogen and oxygen atoms in total. The molecule has 1 aromatic carbocycles. The lowest BCUT2D eigenvalue weighted by Gasteiger charge is -2.27. The Kier molecular flexibility index (Phi) is 6.13. The molecule has 0 bridgehead atoms. The van der Waals surface area contributed by atoms with Crippen molar-refractivity contribution in [2.24, 2.45) is 0 Å². The first-order chi connectivity index (χ1) is 11.6. The van der Waals surface area contributed by atoms with Crippen molar-refractivity contribution in [1.29, 1.82) is 5.26 Å². The molecule has 1 aliphatic rings. The third-order valence-corrected chi connectivity index (χ3v) is 4.07. The van der Waals surface area contributed by atoms with Crippen LogP contribution in [0.4, 0.5) is 4.39 Å². The summed E-state index contributed by atoms with van der Waals surface area (Å²) in [5.41, 5.74) is 2.25. The van der Waals surface area contributed by atoms with Crippen molar-refractivity contribution < 1.29 is 9.13 Å². The van der Waals surface area contributed by atoms with Gasteiger partial charge in [0, 0.05) is 12.8 Å². The van der Waals surface area contributed by atoms with Crippen LogP contribution < -0.4 is 0 Å². The summed E-state index contributed by atoms with van der Waals surface area (Å²) in [6, 6.07) is 7.77. The third kappa shape index (κ3) is 4.02. The van der Waals surface area contributed by atoms with E-state index in [4.69, 9.17) is 16.4 Å². The van der Waals surface area contributed by atoms with Crippen molar-refractivity contribution in [2.45, 2.75) is 37.9 Å². The molecule has 0 spiro atoms. The Labute approximate surface area is 143 Å². The summed E-state index contributed by atoms with van der Waals surface area (Å²) in [7, 11) is 0. The molecule has 0 saturated heterocycles. The van der Waals surface area contributed by atoms with Crippen LogP contribution in [0.2, 0.25) is 0 Å². The molecule has 1 aromatic rings. The van der Waals surface area contributed by atoms with Gasteiger partial charge in [-0.3, -0.25) is 0 Å². The van der Waals surface area contributed by atoms with Crippen LogP contribution in [0, 0.1) is 23.7 Å². The first-order valence-electron chi connectivity index (χ1n) is 7.86. The minimum absolute atomic E-state index is 0.228. The van der Waals surface area contributed by atoms with Gasteiger partial charge >= 0.3 is 0 Å². The van der Waals surface area contributed by atoms with Crippen LogP contribution in [0.25, 0.3) is 0 Å². The molecular weight excluding hydrogens is 301 g/mol. The van der Waals surface area contributed by atoms with Crippen LogP contribution in [-0.2, 0) is 16.9 Å². The van der Waals surface area contributed by atoms with E-state index in [1.807, 2.05) is 24.3 Å². The van der Waals surface area contributed by atoms with Crippen molar-refractivity contribution in [3.63, 3.8) is 0 Å². The Hall–Kier alpha value is -2.62. The second kappa shape index (κ2) is 8.29. The maximum atomic E-state index is 13.5. The van der Waals surface area contributed by atoms with Crippen LogP contribution in [0.3, 0.4) is 0 Å². The number of benzene rings is 1. The summed E-state index contributed by atoms with van der Waals surface area (Å²) in [6.45, 7) is 4.30. The molecule has 122 valence electrons. The molecule has 1 atom stereocenters. The highest BCUT2D eigenvalue weighted by molar-refractivity contribution is 5.43. The van der Waals surface area contributed by atoms with E-state index in [1.54, 1.807) is 12.1 Å². The molecule has 1 unspecified atom stereocenters. The normalized spacial score (nSPS) is 19.7. The van der Waals surface area contributed by atoms with E-state index >= 15 is 0 Å². The summed E-state index contributed by atoms with van der Waals surface area (Å²) >= 11 is 0. The van der Waals surface area contributed by atoms with E-state index < -0.39 is 5.60 Å². The number of hydrogen-bond donors (Lipinski definition) is 0. The number of ether oxygens (including phenoxy) is 1. The molecular formula is C21H20FNO. The zero-order valence-electron chi connectivity index (χ0n) is 13.6. The van der Waals surface area contributed by atoms with Gasteiger partial charge in [0.2, 0.25) is 0 Å². The molecule has 0 amide bonds. The Morgan fingerprint density at radius 3 is 2.96 bits per heavy atom. The minimum Gasteiger partial charge on any atom is -0.365 e. The van der Waals surface area contributed by atoms with Gasteiger partial charge in [-0.1, -0.05) is 24.3 Å². The molecule has 0 fully saturated rings. The van der Waals surface area contributed by atoms with Crippen LogP contribution in [0.5, 0.6) is 0 Å². The number of nitriles is 1. The van der Waals surface area contributed by atoms with Gasteiger partial charge in [0.1, 0.15) is 11.4 Å². The zero-order valence-corrected chi connectivity index (χ0v) is 13.6. The van der Waals surface area contributed by atoms with E-state index in [1.165, 1.54) is 6.08 Å². The Morgan fingerprint density at radius 1 is 1.42 bits per heavy atom. The monoisotopic (exact) mass is 321 g/mol. The quantitative estimate of drug-likeness (QED) is 0.518. The number of allylic oxidation sites excluding steroid dienone is 3. The van der Waals surface area contributed by atoms with Gasteiger partial charge in [-0.05, 0) is 42.2 Å². The van der Waals surface area contributed by atoms with E-state index in [0.29, 0.717) is 31.4 Å². The first kappa shape index (κ1) is 17.7. The molecule has 0 saturated carbocycles. The average Bonchev–Trinajstić information content (AvgIpc) is 2.95. The fourth-order valence-electron chi connectivity index (χ4n) is 2.90. The van der Waals surface area contributed by atoms with E-state index in [-0.39, 0.29) is 12.2 Å². The summed E-state index contributed by atoms with van der Waals surface area (Å²) in [6.07, 6.45) is 13.9. The van der Waals surface area contributed by atoms with E-state index in [9.17, 15) is 4.39 Å². The standard InChI is InChI=1S/C21H20FNO/c1-3-5-8-19(22)9-6-7-13-21(12-4-2)20-11-10-17(15-23)14-18(20)16-24-21/h1,4,6-8,10-11,14H,2,5,9,12-13,16H2/b7-6-,19-8+. The van der Waals surface area contributed by atoms with Crippen LogP contribution in [0.1, 0.15) is 42.4 Å². The number of nitrogens with zero attached hydrogens (tertiary/aromatic N) is 1. The molecule has 24 heavy (non-hydrogen) atoms. The highest BCUT2D eigenvalue weighted by Crippen LogP contribution is 2.42. The van der Waals surface area contributed by atoms with Gasteiger partial charge in [-0.15, -0.1) is 18.9 Å². The van der Waals surface area contributed by atoms with Crippen LogP contribution >= 0.6 is 0 Å². The number of hydrogen-bond acceptors (Lipinski definition) is 2. The van der Waals surface area contributed by atoms with Gasteiger partial charge in [-0.25, -0.2) is 4.39 Å². The van der Waals surface area contributed by atoms with E-state index in [2.05, 4.69) is 18.6 Å². The zero-order chi connectivity index (χ0) is 17.4. The van der Waals surface area contributed by atoms with Gasteiger partial charge in [0.25, 0.3) is 0 Å². The van der Waals surface area contributed by atoms with E-state index in [0.717, 1.165) is 11.1 Å². The fraction of sp³-hybridized carbons (Fsp3) is 0.286. The molecule has 3 heteroatoms. The molecule has 0 radical (unpaired) electrons. The number of halogens is 1. The maximum Gasteiger partial charge on any atom is 0.101 e. The van der Waals surface area contributed by atoms with Crippen molar-refractivity contribution in [1.82, 2.24) is 0 Å². The molecule has 1 heterocycles. The minimum atomic E-state index is -0.486. The highest BCUT2D eigenvalue weighted by Gasteiger charge is 2.38.